The van der Waals surface area contributed by atoms with Crippen LogP contribution in [0, 0.1) is 11.3 Å². The highest BCUT2D eigenvalue weighted by Gasteiger charge is 2.28. The summed E-state index contributed by atoms with van der Waals surface area (Å²) in [5.41, 5.74) is 6.33. The van der Waals surface area contributed by atoms with Gasteiger partial charge in [-0.25, -0.2) is 5.43 Å². The number of hydrogen-bond acceptors (Lipinski definition) is 3. The molecule has 2 aromatic rings. The molecule has 1 aliphatic carbocycles. The van der Waals surface area contributed by atoms with Crippen LogP contribution in [-0.2, 0) is 12.8 Å². The Balaban J connectivity index is 1.66. The third-order valence-electron chi connectivity index (χ3n) is 4.61. The number of halogens is 1. The number of carbonyl (C=O) groups excluding carboxylic acids is 1. The Kier molecular flexibility index (Phi) is 5.47. The Morgan fingerprint density at radius 2 is 2.12 bits per heavy atom. The predicted molar refractivity (Wildman–Crippen MR) is 105 cm³/mol. The van der Waals surface area contributed by atoms with E-state index >= 15 is 0 Å². The van der Waals surface area contributed by atoms with Crippen molar-refractivity contribution in [1.82, 2.24) is 15.6 Å². The molecule has 0 spiro atoms. The number of carbonyl (C=O) groups is 1. The standard InChI is InChI=1S/C20H25ClN4O/c1-20(2,3)11-14-6-9-17-16(10-14)18(24-23-17)19(26)25-22-12-13-4-7-15(21)8-5-13/h4-5,7-8,12,14H,6,9-11H2,1-3H3,(H,23,24)(H,25,26)/b22-12-/t14-/m0/s1. The van der Waals surface area contributed by atoms with E-state index in [0.29, 0.717) is 16.6 Å². The fourth-order valence-corrected chi connectivity index (χ4v) is 3.69. The van der Waals surface area contributed by atoms with Gasteiger partial charge in [-0.3, -0.25) is 9.89 Å². The van der Waals surface area contributed by atoms with Crippen molar-refractivity contribution in [2.75, 3.05) is 0 Å². The van der Waals surface area contributed by atoms with Crippen LogP contribution in [0.1, 0.15) is 60.9 Å². The summed E-state index contributed by atoms with van der Waals surface area (Å²) in [6.45, 7) is 6.78. The minimum atomic E-state index is -0.274. The Bertz CT molecular complexity index is 802. The average molecular weight is 373 g/mol. The third-order valence-corrected chi connectivity index (χ3v) is 4.87. The van der Waals surface area contributed by atoms with Gasteiger partial charge in [-0.05, 0) is 54.7 Å². The first-order chi connectivity index (χ1) is 12.3. The minimum absolute atomic E-state index is 0.274. The van der Waals surface area contributed by atoms with E-state index in [-0.39, 0.29) is 11.3 Å². The van der Waals surface area contributed by atoms with E-state index in [9.17, 15) is 4.79 Å². The number of hydrogen-bond donors (Lipinski definition) is 2. The number of fused-ring (bicyclic) bond motifs is 1. The van der Waals surface area contributed by atoms with Gasteiger partial charge in [0.2, 0.25) is 0 Å². The molecule has 1 aromatic carbocycles. The highest BCUT2D eigenvalue weighted by molar-refractivity contribution is 6.30. The zero-order valence-electron chi connectivity index (χ0n) is 15.5. The molecule has 1 heterocycles. The van der Waals surface area contributed by atoms with Gasteiger partial charge in [0.25, 0.3) is 5.91 Å². The Labute approximate surface area is 159 Å². The number of nitrogens with zero attached hydrogens (tertiary/aromatic N) is 2. The van der Waals surface area contributed by atoms with Gasteiger partial charge in [0.05, 0.1) is 6.21 Å². The molecule has 1 aliphatic rings. The molecule has 0 unspecified atom stereocenters. The van der Waals surface area contributed by atoms with Crippen molar-refractivity contribution in [1.29, 1.82) is 0 Å². The maximum Gasteiger partial charge on any atom is 0.292 e. The van der Waals surface area contributed by atoms with Crippen LogP contribution in [0.15, 0.2) is 29.4 Å². The normalized spacial score (nSPS) is 17.3. The van der Waals surface area contributed by atoms with E-state index in [1.807, 2.05) is 12.1 Å². The molecule has 3 rings (SSSR count). The summed E-state index contributed by atoms with van der Waals surface area (Å²) in [6, 6.07) is 7.24. The molecule has 6 heteroatoms. The summed E-state index contributed by atoms with van der Waals surface area (Å²) in [5.74, 6) is 0.313. The van der Waals surface area contributed by atoms with Crippen LogP contribution >= 0.6 is 11.6 Å². The van der Waals surface area contributed by atoms with E-state index in [2.05, 4.69) is 41.5 Å². The lowest BCUT2D eigenvalue weighted by molar-refractivity contribution is 0.0948. The molecule has 138 valence electrons. The Morgan fingerprint density at radius 1 is 1.38 bits per heavy atom. The van der Waals surface area contributed by atoms with Crippen LogP contribution in [0.25, 0.3) is 0 Å². The first kappa shape index (κ1) is 18.6. The molecule has 0 saturated heterocycles. The largest absolute Gasteiger partial charge is 0.292 e. The van der Waals surface area contributed by atoms with E-state index in [1.54, 1.807) is 18.3 Å². The second-order valence-electron chi connectivity index (χ2n) is 8.15. The lowest BCUT2D eigenvalue weighted by Gasteiger charge is -2.28. The van der Waals surface area contributed by atoms with Crippen molar-refractivity contribution < 1.29 is 4.79 Å². The number of hydrazone groups is 1. The average Bonchev–Trinajstić information content (AvgIpc) is 2.98. The van der Waals surface area contributed by atoms with Gasteiger partial charge in [0.15, 0.2) is 5.69 Å². The molecular weight excluding hydrogens is 348 g/mol. The molecule has 1 aromatic heterocycles. The lowest BCUT2D eigenvalue weighted by Crippen LogP contribution is -2.24. The molecule has 0 aliphatic heterocycles. The number of H-pyrrole nitrogens is 1. The fraction of sp³-hybridized carbons (Fsp3) is 0.450. The summed E-state index contributed by atoms with van der Waals surface area (Å²) in [5, 5.41) is 12.0. The lowest BCUT2D eigenvalue weighted by atomic mass is 9.76. The molecule has 0 saturated carbocycles. The maximum atomic E-state index is 12.5. The third kappa shape index (κ3) is 4.73. The van der Waals surface area contributed by atoms with Gasteiger partial charge >= 0.3 is 0 Å². The molecule has 5 nitrogen and oxygen atoms in total. The van der Waals surface area contributed by atoms with Crippen molar-refractivity contribution in [3.8, 4) is 0 Å². The van der Waals surface area contributed by atoms with Crippen LogP contribution in [0.2, 0.25) is 5.02 Å². The number of benzene rings is 1. The van der Waals surface area contributed by atoms with E-state index < -0.39 is 0 Å². The molecule has 0 bridgehead atoms. The number of aryl methyl sites for hydroxylation is 1. The number of amides is 1. The summed E-state index contributed by atoms with van der Waals surface area (Å²) in [7, 11) is 0. The van der Waals surface area contributed by atoms with Crippen LogP contribution in [0.4, 0.5) is 0 Å². The van der Waals surface area contributed by atoms with Crippen LogP contribution in [0.3, 0.4) is 0 Å². The maximum absolute atomic E-state index is 12.5. The second-order valence-corrected chi connectivity index (χ2v) is 8.59. The molecule has 1 amide bonds. The Hall–Kier alpha value is -2.14. The predicted octanol–water partition coefficient (Wildman–Crippen LogP) is 4.37. The van der Waals surface area contributed by atoms with Gasteiger partial charge in [-0.2, -0.15) is 10.2 Å². The van der Waals surface area contributed by atoms with Gasteiger partial charge in [-0.1, -0.05) is 44.5 Å². The molecule has 2 N–H and O–H groups in total. The number of aromatic nitrogens is 2. The van der Waals surface area contributed by atoms with Gasteiger partial charge in [0, 0.05) is 16.3 Å². The molecule has 0 radical (unpaired) electrons. The molecule has 26 heavy (non-hydrogen) atoms. The number of nitrogens with one attached hydrogen (secondary N) is 2. The minimum Gasteiger partial charge on any atom is -0.281 e. The van der Waals surface area contributed by atoms with Crippen LogP contribution < -0.4 is 5.43 Å². The highest BCUT2D eigenvalue weighted by Crippen LogP contribution is 2.34. The van der Waals surface area contributed by atoms with Crippen LogP contribution in [0.5, 0.6) is 0 Å². The SMILES string of the molecule is CC(C)(C)C[C@H]1CCc2[nH]nc(C(=O)N/N=C\c3ccc(Cl)cc3)c2C1. The van der Waals surface area contributed by atoms with Gasteiger partial charge < -0.3 is 0 Å². The summed E-state index contributed by atoms with van der Waals surface area (Å²) < 4.78 is 0. The summed E-state index contributed by atoms with van der Waals surface area (Å²) in [4.78, 5) is 12.5. The van der Waals surface area contributed by atoms with E-state index in [4.69, 9.17) is 11.6 Å². The van der Waals surface area contributed by atoms with Gasteiger partial charge in [-0.15, -0.1) is 0 Å². The first-order valence-corrected chi connectivity index (χ1v) is 9.35. The van der Waals surface area contributed by atoms with E-state index in [1.165, 1.54) is 0 Å². The van der Waals surface area contributed by atoms with Crippen molar-refractivity contribution >= 4 is 23.7 Å². The number of aromatic amines is 1. The van der Waals surface area contributed by atoms with Crippen molar-refractivity contribution in [2.24, 2.45) is 16.4 Å². The number of rotatable bonds is 4. The smallest absolute Gasteiger partial charge is 0.281 e. The van der Waals surface area contributed by atoms with Crippen molar-refractivity contribution in [3.63, 3.8) is 0 Å². The molecular formula is C20H25ClN4O. The quantitative estimate of drug-likeness (QED) is 0.618. The van der Waals surface area contributed by atoms with E-state index in [0.717, 1.165) is 42.5 Å². The second kappa shape index (κ2) is 7.62. The highest BCUT2D eigenvalue weighted by atomic mass is 35.5. The van der Waals surface area contributed by atoms with Crippen molar-refractivity contribution in [3.05, 3.63) is 51.8 Å². The summed E-state index contributed by atoms with van der Waals surface area (Å²) >= 11 is 5.86. The van der Waals surface area contributed by atoms with Crippen molar-refractivity contribution in [2.45, 2.75) is 46.5 Å². The summed E-state index contributed by atoms with van der Waals surface area (Å²) in [6.07, 6.45) is 5.72. The monoisotopic (exact) mass is 372 g/mol. The molecule has 0 fully saturated rings. The fourth-order valence-electron chi connectivity index (χ4n) is 3.56. The molecule has 1 atom stereocenters. The first-order valence-electron chi connectivity index (χ1n) is 8.97. The van der Waals surface area contributed by atoms with Crippen LogP contribution in [-0.4, -0.2) is 22.3 Å². The Morgan fingerprint density at radius 3 is 2.81 bits per heavy atom. The zero-order valence-corrected chi connectivity index (χ0v) is 16.2. The topological polar surface area (TPSA) is 70.1 Å². The zero-order chi connectivity index (χ0) is 18.7. The van der Waals surface area contributed by atoms with Gasteiger partial charge in [0.1, 0.15) is 0 Å².